The Morgan fingerprint density at radius 1 is 0.800 bits per heavy atom. The predicted molar refractivity (Wildman–Crippen MR) is 107 cm³/mol. The second-order valence-corrected chi connectivity index (χ2v) is 5.96. The van der Waals surface area contributed by atoms with E-state index in [9.17, 15) is 24.5 Å². The van der Waals surface area contributed by atoms with Crippen molar-refractivity contribution in [3.8, 4) is 0 Å². The number of benzene rings is 2. The minimum Gasteiger partial charge on any atom is -0.321 e. The number of nitro groups is 1. The summed E-state index contributed by atoms with van der Waals surface area (Å²) >= 11 is 0. The van der Waals surface area contributed by atoms with Gasteiger partial charge in [-0.3, -0.25) is 40.3 Å². The number of rotatable bonds is 5. The van der Waals surface area contributed by atoms with Gasteiger partial charge < -0.3 is 5.32 Å². The summed E-state index contributed by atoms with van der Waals surface area (Å²) < 4.78 is 0. The fraction of sp³-hybridized carbons (Fsp3) is 0. The molecule has 0 saturated heterocycles. The van der Waals surface area contributed by atoms with Crippen LogP contribution < -0.4 is 16.2 Å². The van der Waals surface area contributed by atoms with Crippen molar-refractivity contribution in [2.24, 2.45) is 0 Å². The van der Waals surface area contributed by atoms with Crippen LogP contribution in [-0.2, 0) is 0 Å². The number of hydrogen-bond donors (Lipinski definition) is 3. The average Bonchev–Trinajstić information content (AvgIpc) is 2.78. The molecule has 30 heavy (non-hydrogen) atoms. The lowest BCUT2D eigenvalue weighted by atomic mass is 10.2. The highest BCUT2D eigenvalue weighted by Crippen LogP contribution is 2.13. The number of aromatic nitrogens is 1. The molecule has 0 radical (unpaired) electrons. The van der Waals surface area contributed by atoms with Gasteiger partial charge in [0, 0.05) is 35.1 Å². The van der Waals surface area contributed by atoms with E-state index in [2.05, 4.69) is 21.2 Å². The Bertz CT molecular complexity index is 1100. The Hall–Kier alpha value is -4.60. The van der Waals surface area contributed by atoms with Crippen molar-refractivity contribution >= 4 is 29.1 Å². The van der Waals surface area contributed by atoms with Gasteiger partial charge in [0.15, 0.2) is 0 Å². The number of pyridine rings is 1. The van der Waals surface area contributed by atoms with Gasteiger partial charge >= 0.3 is 0 Å². The van der Waals surface area contributed by atoms with Gasteiger partial charge in [-0.15, -0.1) is 0 Å². The zero-order valence-corrected chi connectivity index (χ0v) is 15.4. The number of anilines is 1. The molecule has 0 unspecified atom stereocenters. The number of hydrazine groups is 1. The van der Waals surface area contributed by atoms with E-state index in [0.717, 1.165) is 6.07 Å². The van der Waals surface area contributed by atoms with Gasteiger partial charge in [-0.25, -0.2) is 0 Å². The number of carbonyl (C=O) groups excluding carboxylic acids is 3. The molecule has 3 rings (SSSR count). The molecule has 0 aliphatic rings. The predicted octanol–water partition coefficient (Wildman–Crippen LogP) is 2.32. The number of nitrogens with one attached hydrogen (secondary N) is 3. The lowest BCUT2D eigenvalue weighted by molar-refractivity contribution is -0.384. The van der Waals surface area contributed by atoms with Crippen LogP contribution in [0.5, 0.6) is 0 Å². The van der Waals surface area contributed by atoms with Crippen molar-refractivity contribution in [2.75, 3.05) is 5.32 Å². The maximum absolute atomic E-state index is 12.2. The normalized spacial score (nSPS) is 10.0. The minimum absolute atomic E-state index is 0.0251. The van der Waals surface area contributed by atoms with E-state index in [0.29, 0.717) is 5.69 Å². The van der Waals surface area contributed by atoms with E-state index in [1.807, 2.05) is 0 Å². The number of carbonyl (C=O) groups is 3. The van der Waals surface area contributed by atoms with Crippen molar-refractivity contribution in [3.05, 3.63) is 99.9 Å². The topological polar surface area (TPSA) is 143 Å². The highest BCUT2D eigenvalue weighted by molar-refractivity contribution is 6.03. The summed E-state index contributed by atoms with van der Waals surface area (Å²) in [5.74, 6) is -1.69. The molecular weight excluding hydrogens is 390 g/mol. The van der Waals surface area contributed by atoms with E-state index in [-0.39, 0.29) is 22.5 Å². The van der Waals surface area contributed by atoms with Gasteiger partial charge in [0.2, 0.25) is 0 Å². The van der Waals surface area contributed by atoms with Crippen molar-refractivity contribution in [1.82, 2.24) is 15.8 Å². The molecule has 0 bridgehead atoms. The molecule has 3 aromatic rings. The Kier molecular flexibility index (Phi) is 6.08. The fourth-order valence-electron chi connectivity index (χ4n) is 2.42. The Balaban J connectivity index is 1.57. The lowest BCUT2D eigenvalue weighted by Crippen LogP contribution is -2.41. The van der Waals surface area contributed by atoms with Gasteiger partial charge in [-0.2, -0.15) is 0 Å². The number of nitrogens with zero attached hydrogens (tertiary/aromatic N) is 2. The molecule has 0 saturated carbocycles. The van der Waals surface area contributed by atoms with Crippen LogP contribution in [0.4, 0.5) is 11.4 Å². The second-order valence-electron chi connectivity index (χ2n) is 5.96. The Labute approximate surface area is 170 Å². The molecule has 10 nitrogen and oxygen atoms in total. The quantitative estimate of drug-likeness (QED) is 0.439. The summed E-state index contributed by atoms with van der Waals surface area (Å²) in [6.07, 6.45) is 1.50. The van der Waals surface area contributed by atoms with Crippen molar-refractivity contribution in [2.45, 2.75) is 0 Å². The molecule has 10 heteroatoms. The summed E-state index contributed by atoms with van der Waals surface area (Å²) in [6, 6.07) is 16.0. The molecule has 1 heterocycles. The first-order valence-electron chi connectivity index (χ1n) is 8.61. The first-order valence-corrected chi connectivity index (χ1v) is 8.61. The summed E-state index contributed by atoms with van der Waals surface area (Å²) in [5.41, 5.74) is 5.15. The van der Waals surface area contributed by atoms with Gasteiger partial charge in [0.1, 0.15) is 5.69 Å². The fourth-order valence-corrected chi connectivity index (χ4v) is 2.42. The van der Waals surface area contributed by atoms with E-state index in [1.54, 1.807) is 18.2 Å². The molecule has 0 fully saturated rings. The van der Waals surface area contributed by atoms with Crippen molar-refractivity contribution in [1.29, 1.82) is 0 Å². The molecular formula is C20H15N5O5. The zero-order valence-electron chi connectivity index (χ0n) is 15.4. The van der Waals surface area contributed by atoms with Crippen LogP contribution in [0.25, 0.3) is 0 Å². The monoisotopic (exact) mass is 405 g/mol. The molecule has 1 aromatic heterocycles. The summed E-state index contributed by atoms with van der Waals surface area (Å²) in [5, 5.41) is 13.4. The largest absolute Gasteiger partial charge is 0.321 e. The molecule has 3 N–H and O–H groups in total. The molecule has 0 spiro atoms. The number of amides is 3. The van der Waals surface area contributed by atoms with Crippen LogP contribution in [0.15, 0.2) is 72.9 Å². The van der Waals surface area contributed by atoms with Crippen LogP contribution in [-0.4, -0.2) is 27.6 Å². The highest BCUT2D eigenvalue weighted by Gasteiger charge is 2.13. The maximum Gasteiger partial charge on any atom is 0.274 e. The van der Waals surface area contributed by atoms with Gasteiger partial charge in [0.25, 0.3) is 23.4 Å². The number of non-ortho nitro benzene ring substituents is 1. The van der Waals surface area contributed by atoms with Crippen LogP contribution in [0.3, 0.4) is 0 Å². The van der Waals surface area contributed by atoms with E-state index >= 15 is 0 Å². The average molecular weight is 405 g/mol. The van der Waals surface area contributed by atoms with Crippen LogP contribution in [0.1, 0.15) is 31.2 Å². The van der Waals surface area contributed by atoms with Gasteiger partial charge in [-0.1, -0.05) is 12.1 Å². The molecule has 0 aliphatic carbocycles. The third-order valence-electron chi connectivity index (χ3n) is 3.91. The van der Waals surface area contributed by atoms with Crippen LogP contribution in [0.2, 0.25) is 0 Å². The SMILES string of the molecule is O=C(NNC(=O)c1cccc([N+](=O)[O-])c1)c1ccc(NC(=O)c2ccccn2)cc1. The van der Waals surface area contributed by atoms with Gasteiger partial charge in [-0.05, 0) is 42.5 Å². The second kappa shape index (κ2) is 9.06. The van der Waals surface area contributed by atoms with E-state index in [4.69, 9.17) is 0 Å². The molecule has 150 valence electrons. The standard InChI is InChI=1S/C20H15N5O5/c26-18(23-24-19(27)14-4-3-5-16(12-14)25(29)30)13-7-9-15(10-8-13)22-20(28)17-6-1-2-11-21-17/h1-12H,(H,22,28)(H,23,26)(H,24,27). The summed E-state index contributed by atoms with van der Waals surface area (Å²) in [6.45, 7) is 0. The third kappa shape index (κ3) is 5.01. The summed E-state index contributed by atoms with van der Waals surface area (Å²) in [7, 11) is 0. The molecule has 0 atom stereocenters. The summed E-state index contributed by atoms with van der Waals surface area (Å²) in [4.78, 5) is 50.4. The molecule has 2 aromatic carbocycles. The number of hydrogen-bond acceptors (Lipinski definition) is 6. The first kappa shape index (κ1) is 20.1. The third-order valence-corrected chi connectivity index (χ3v) is 3.91. The highest BCUT2D eigenvalue weighted by atomic mass is 16.6. The van der Waals surface area contributed by atoms with E-state index in [1.165, 1.54) is 48.7 Å². The van der Waals surface area contributed by atoms with Crippen LogP contribution >= 0.6 is 0 Å². The minimum atomic E-state index is -0.703. The Morgan fingerprint density at radius 3 is 2.13 bits per heavy atom. The van der Waals surface area contributed by atoms with E-state index < -0.39 is 22.6 Å². The molecule has 3 amide bonds. The van der Waals surface area contributed by atoms with Crippen LogP contribution in [0, 0.1) is 10.1 Å². The zero-order chi connectivity index (χ0) is 21.5. The van der Waals surface area contributed by atoms with Gasteiger partial charge in [0.05, 0.1) is 4.92 Å². The smallest absolute Gasteiger partial charge is 0.274 e. The lowest BCUT2D eigenvalue weighted by Gasteiger charge is -2.09. The number of nitro benzene ring substituents is 1. The van der Waals surface area contributed by atoms with Crippen molar-refractivity contribution in [3.63, 3.8) is 0 Å². The Morgan fingerprint density at radius 2 is 1.50 bits per heavy atom. The van der Waals surface area contributed by atoms with Crippen molar-refractivity contribution < 1.29 is 19.3 Å². The maximum atomic E-state index is 12.2. The molecule has 0 aliphatic heterocycles. The first-order chi connectivity index (χ1) is 14.4.